The van der Waals surface area contributed by atoms with Crippen LogP contribution < -0.4 is 0 Å². The molecule has 0 bridgehead atoms. The second-order valence-electron chi connectivity index (χ2n) is 4.36. The third-order valence-corrected chi connectivity index (χ3v) is 3.58. The first-order chi connectivity index (χ1) is 8.56. The van der Waals surface area contributed by atoms with Gasteiger partial charge in [-0.2, -0.15) is 0 Å². The van der Waals surface area contributed by atoms with Crippen LogP contribution in [0.2, 0.25) is 10.0 Å². The zero-order valence-electron chi connectivity index (χ0n) is 10.0. The first-order valence-corrected chi connectivity index (χ1v) is 6.50. The first-order valence-electron chi connectivity index (χ1n) is 5.75. The minimum Gasteiger partial charge on any atom is -0.388 e. The first kappa shape index (κ1) is 13.4. The number of aliphatic hydroxyl groups excluding tert-OH is 1. The van der Waals surface area contributed by atoms with Gasteiger partial charge in [0.05, 0.1) is 6.10 Å². The van der Waals surface area contributed by atoms with Crippen molar-refractivity contribution in [3.05, 3.63) is 69.2 Å². The van der Waals surface area contributed by atoms with Crippen molar-refractivity contribution < 1.29 is 5.11 Å². The number of benzene rings is 2. The van der Waals surface area contributed by atoms with Gasteiger partial charge in [-0.3, -0.25) is 0 Å². The summed E-state index contributed by atoms with van der Waals surface area (Å²) in [6.07, 6.45) is 0.000545. The minimum atomic E-state index is -0.552. The minimum absolute atomic E-state index is 0.552. The molecule has 0 spiro atoms. The van der Waals surface area contributed by atoms with Gasteiger partial charge in [-0.25, -0.2) is 0 Å². The van der Waals surface area contributed by atoms with Crippen LogP contribution in [0.15, 0.2) is 42.5 Å². The number of halogens is 2. The van der Waals surface area contributed by atoms with E-state index < -0.39 is 6.10 Å². The molecule has 0 saturated heterocycles. The van der Waals surface area contributed by atoms with Gasteiger partial charge in [0.2, 0.25) is 0 Å². The highest BCUT2D eigenvalue weighted by atomic mass is 35.5. The lowest BCUT2D eigenvalue weighted by Gasteiger charge is -2.12. The van der Waals surface area contributed by atoms with Crippen LogP contribution in [0.3, 0.4) is 0 Å². The van der Waals surface area contributed by atoms with Crippen LogP contribution in [0.5, 0.6) is 0 Å². The maximum Gasteiger partial charge on any atom is 0.0830 e. The van der Waals surface area contributed by atoms with Crippen molar-refractivity contribution in [1.29, 1.82) is 0 Å². The molecule has 0 aromatic heterocycles. The Morgan fingerprint density at radius 1 is 1.06 bits per heavy atom. The Bertz CT molecular complexity index is 535. The van der Waals surface area contributed by atoms with Crippen LogP contribution in [-0.2, 0) is 6.42 Å². The van der Waals surface area contributed by atoms with E-state index in [0.717, 1.165) is 16.7 Å². The molecule has 0 aliphatic rings. The summed E-state index contributed by atoms with van der Waals surface area (Å²) in [5.41, 5.74) is 2.89. The van der Waals surface area contributed by atoms with Crippen LogP contribution in [0, 0.1) is 6.92 Å². The molecule has 1 N–H and O–H groups in total. The predicted molar refractivity (Wildman–Crippen MR) is 76.3 cm³/mol. The maximum atomic E-state index is 10.2. The van der Waals surface area contributed by atoms with Crippen LogP contribution in [0.25, 0.3) is 0 Å². The van der Waals surface area contributed by atoms with E-state index in [-0.39, 0.29) is 0 Å². The molecule has 0 heterocycles. The van der Waals surface area contributed by atoms with E-state index in [1.807, 2.05) is 49.4 Å². The maximum absolute atomic E-state index is 10.2. The Labute approximate surface area is 117 Å². The summed E-state index contributed by atoms with van der Waals surface area (Å²) < 4.78 is 0. The highest BCUT2D eigenvalue weighted by molar-refractivity contribution is 6.31. The molecule has 0 radical (unpaired) electrons. The third kappa shape index (κ3) is 3.26. The summed E-state index contributed by atoms with van der Waals surface area (Å²) in [4.78, 5) is 0. The van der Waals surface area contributed by atoms with E-state index >= 15 is 0 Å². The lowest BCUT2D eigenvalue weighted by Crippen LogP contribution is -2.02. The van der Waals surface area contributed by atoms with Crippen molar-refractivity contribution in [2.24, 2.45) is 0 Å². The summed E-state index contributed by atoms with van der Waals surface area (Å²) in [7, 11) is 0. The molecule has 94 valence electrons. The van der Waals surface area contributed by atoms with Crippen LogP contribution >= 0.6 is 23.2 Å². The number of aryl methyl sites for hydroxylation is 1. The van der Waals surface area contributed by atoms with Gasteiger partial charge in [0.15, 0.2) is 0 Å². The topological polar surface area (TPSA) is 20.2 Å². The molecule has 2 rings (SSSR count). The average molecular weight is 281 g/mol. The van der Waals surface area contributed by atoms with Gasteiger partial charge >= 0.3 is 0 Å². The number of aliphatic hydroxyl groups is 1. The zero-order chi connectivity index (χ0) is 13.1. The fourth-order valence-corrected chi connectivity index (χ4v) is 2.09. The fraction of sp³-hybridized carbons (Fsp3) is 0.200. The molecule has 0 aliphatic heterocycles. The van der Waals surface area contributed by atoms with E-state index in [9.17, 15) is 5.11 Å². The van der Waals surface area contributed by atoms with E-state index in [1.165, 1.54) is 0 Å². The van der Waals surface area contributed by atoms with Crippen LogP contribution in [-0.4, -0.2) is 5.11 Å². The van der Waals surface area contributed by atoms with Gasteiger partial charge in [0, 0.05) is 16.5 Å². The van der Waals surface area contributed by atoms with Gasteiger partial charge < -0.3 is 5.11 Å². The van der Waals surface area contributed by atoms with Crippen molar-refractivity contribution in [2.45, 2.75) is 19.4 Å². The van der Waals surface area contributed by atoms with Gasteiger partial charge in [-0.05, 0) is 41.8 Å². The van der Waals surface area contributed by atoms with Crippen molar-refractivity contribution >= 4 is 23.2 Å². The van der Waals surface area contributed by atoms with Gasteiger partial charge in [-0.1, -0.05) is 47.5 Å². The molecule has 0 amide bonds. The highest BCUT2D eigenvalue weighted by Crippen LogP contribution is 2.24. The third-order valence-electron chi connectivity index (χ3n) is 2.92. The average Bonchev–Trinajstić information content (AvgIpc) is 2.35. The second-order valence-corrected chi connectivity index (χ2v) is 5.20. The van der Waals surface area contributed by atoms with Crippen molar-refractivity contribution in [1.82, 2.24) is 0 Å². The van der Waals surface area contributed by atoms with Crippen LogP contribution in [0.1, 0.15) is 22.8 Å². The Kier molecular flexibility index (Phi) is 4.28. The summed E-state index contributed by atoms with van der Waals surface area (Å²) in [6, 6.07) is 13.1. The van der Waals surface area contributed by atoms with Crippen molar-refractivity contribution in [3.8, 4) is 0 Å². The molecule has 0 saturated carbocycles. The normalized spacial score (nSPS) is 12.4. The summed E-state index contributed by atoms with van der Waals surface area (Å²) in [5.74, 6) is 0. The lowest BCUT2D eigenvalue weighted by molar-refractivity contribution is 0.178. The standard InChI is InChI=1S/C15H14Cl2O/c1-10-2-5-12(9-14(10)17)15(18)8-11-3-6-13(16)7-4-11/h2-7,9,15,18H,8H2,1H3. The van der Waals surface area contributed by atoms with Crippen molar-refractivity contribution in [2.75, 3.05) is 0 Å². The Morgan fingerprint density at radius 3 is 2.33 bits per heavy atom. The van der Waals surface area contributed by atoms with E-state index in [1.54, 1.807) is 0 Å². The van der Waals surface area contributed by atoms with E-state index in [4.69, 9.17) is 23.2 Å². The van der Waals surface area contributed by atoms with Crippen LogP contribution in [0.4, 0.5) is 0 Å². The lowest BCUT2D eigenvalue weighted by atomic mass is 10.0. The molecule has 3 heteroatoms. The molecule has 0 fully saturated rings. The summed E-state index contributed by atoms with van der Waals surface area (Å²) in [5, 5.41) is 11.6. The molecule has 2 aromatic carbocycles. The van der Waals surface area contributed by atoms with Gasteiger partial charge in [-0.15, -0.1) is 0 Å². The van der Waals surface area contributed by atoms with E-state index in [0.29, 0.717) is 16.5 Å². The highest BCUT2D eigenvalue weighted by Gasteiger charge is 2.09. The van der Waals surface area contributed by atoms with Gasteiger partial charge in [0.1, 0.15) is 0 Å². The zero-order valence-corrected chi connectivity index (χ0v) is 11.5. The fourth-order valence-electron chi connectivity index (χ4n) is 1.78. The SMILES string of the molecule is Cc1ccc(C(O)Cc2ccc(Cl)cc2)cc1Cl. The van der Waals surface area contributed by atoms with Gasteiger partial charge in [0.25, 0.3) is 0 Å². The smallest absolute Gasteiger partial charge is 0.0830 e. The molecule has 0 aliphatic carbocycles. The number of rotatable bonds is 3. The quantitative estimate of drug-likeness (QED) is 0.873. The monoisotopic (exact) mass is 280 g/mol. The molecule has 2 aromatic rings. The Balaban J connectivity index is 2.13. The molecular formula is C15H14Cl2O. The largest absolute Gasteiger partial charge is 0.388 e. The number of hydrogen-bond donors (Lipinski definition) is 1. The Hall–Kier alpha value is -1.02. The molecule has 18 heavy (non-hydrogen) atoms. The molecular weight excluding hydrogens is 267 g/mol. The van der Waals surface area contributed by atoms with E-state index in [2.05, 4.69) is 0 Å². The predicted octanol–water partition coefficient (Wildman–Crippen LogP) is 4.58. The Morgan fingerprint density at radius 2 is 1.72 bits per heavy atom. The summed E-state index contributed by atoms with van der Waals surface area (Å²) in [6.45, 7) is 1.94. The second kappa shape index (κ2) is 5.75. The van der Waals surface area contributed by atoms with Crippen molar-refractivity contribution in [3.63, 3.8) is 0 Å². The summed E-state index contributed by atoms with van der Waals surface area (Å²) >= 11 is 11.9. The molecule has 1 nitrogen and oxygen atoms in total. The number of hydrogen-bond acceptors (Lipinski definition) is 1. The molecule has 1 atom stereocenters. The molecule has 1 unspecified atom stereocenters.